The molecule has 0 spiro atoms. The summed E-state index contributed by atoms with van der Waals surface area (Å²) in [6.07, 6.45) is 1.47. The van der Waals surface area contributed by atoms with E-state index in [2.05, 4.69) is 14.8 Å². The fraction of sp³-hybridized carbons (Fsp3) is 0.429. The number of sulfonamides is 2. The van der Waals surface area contributed by atoms with Crippen LogP contribution in [-0.4, -0.2) is 59.8 Å². The third kappa shape index (κ3) is 7.09. The lowest BCUT2D eigenvalue weighted by Crippen LogP contribution is -2.33. The summed E-state index contributed by atoms with van der Waals surface area (Å²) in [6.45, 7) is 2.90. The maximum atomic E-state index is 11.8. The van der Waals surface area contributed by atoms with Crippen LogP contribution in [-0.2, 0) is 32.9 Å². The number of hydrogen-bond donors (Lipinski definition) is 4. The Labute approximate surface area is 189 Å². The van der Waals surface area contributed by atoms with Crippen LogP contribution in [0.25, 0.3) is 0 Å². The molecule has 0 amide bonds. The zero-order valence-corrected chi connectivity index (χ0v) is 19.7. The highest BCUT2D eigenvalue weighted by Gasteiger charge is 2.24. The topological polar surface area (TPSA) is 134 Å². The van der Waals surface area contributed by atoms with Gasteiger partial charge in [0.25, 0.3) is 0 Å². The molecule has 0 aromatic heterocycles. The van der Waals surface area contributed by atoms with Gasteiger partial charge in [0.1, 0.15) is 18.5 Å². The predicted octanol–water partition coefficient (Wildman–Crippen LogP) is 1.24. The van der Waals surface area contributed by atoms with Gasteiger partial charge in [0, 0.05) is 17.8 Å². The maximum Gasteiger partial charge on any atom is 0.233 e. The Kier molecular flexibility index (Phi) is 7.65. The third-order valence-electron chi connectivity index (χ3n) is 5.02. The number of aliphatic hydroxyl groups excluding tert-OH is 1. The summed E-state index contributed by atoms with van der Waals surface area (Å²) in [4.78, 5) is 0. The fourth-order valence-corrected chi connectivity index (χ4v) is 5.15. The van der Waals surface area contributed by atoms with Gasteiger partial charge in [-0.05, 0) is 55.6 Å². The minimum atomic E-state index is -3.31. The zero-order valence-electron chi connectivity index (χ0n) is 18.1. The number of hydrogen-bond acceptors (Lipinski definition) is 7. The molecular formula is C21H29N3O6S2. The molecule has 1 heterocycles. The zero-order chi connectivity index (χ0) is 23.4. The minimum absolute atomic E-state index is 0.00915. The molecule has 0 saturated carbocycles. The summed E-state index contributed by atoms with van der Waals surface area (Å²) in [5.74, 6) is 0.588. The summed E-state index contributed by atoms with van der Waals surface area (Å²) in [6, 6.07) is 10.7. The third-order valence-corrected chi connectivity index (χ3v) is 6.88. The Morgan fingerprint density at radius 3 is 2.59 bits per heavy atom. The molecule has 3 rings (SSSR count). The first-order chi connectivity index (χ1) is 15.0. The Morgan fingerprint density at radius 1 is 1.19 bits per heavy atom. The van der Waals surface area contributed by atoms with Gasteiger partial charge in [-0.1, -0.05) is 18.2 Å². The first kappa shape index (κ1) is 24.3. The molecule has 0 aliphatic carbocycles. The molecule has 1 aliphatic rings. The van der Waals surface area contributed by atoms with Gasteiger partial charge in [0.05, 0.1) is 17.7 Å². The van der Waals surface area contributed by atoms with Crippen molar-refractivity contribution in [3.05, 3.63) is 53.1 Å². The predicted molar refractivity (Wildman–Crippen MR) is 125 cm³/mol. The summed E-state index contributed by atoms with van der Waals surface area (Å²) in [5, 5.41) is 13.4. The second-order valence-electron chi connectivity index (χ2n) is 7.90. The van der Waals surface area contributed by atoms with Gasteiger partial charge in [-0.3, -0.25) is 9.44 Å². The van der Waals surface area contributed by atoms with Crippen LogP contribution in [0.3, 0.4) is 0 Å². The van der Waals surface area contributed by atoms with E-state index in [1.54, 1.807) is 24.3 Å². The summed E-state index contributed by atoms with van der Waals surface area (Å²) in [7, 11) is -6.60. The van der Waals surface area contributed by atoms with E-state index in [-0.39, 0.29) is 12.4 Å². The molecule has 176 valence electrons. The Bertz CT molecular complexity index is 1150. The van der Waals surface area contributed by atoms with Gasteiger partial charge in [-0.2, -0.15) is 0 Å². The second kappa shape index (κ2) is 10.1. The highest BCUT2D eigenvalue weighted by atomic mass is 32.2. The van der Waals surface area contributed by atoms with Crippen LogP contribution >= 0.6 is 0 Å². The first-order valence-corrected chi connectivity index (χ1v) is 13.8. The lowest BCUT2D eigenvalue weighted by atomic mass is 10.0. The van der Waals surface area contributed by atoms with E-state index in [4.69, 9.17) is 4.74 Å². The Morgan fingerprint density at radius 2 is 1.91 bits per heavy atom. The molecular weight excluding hydrogens is 454 g/mol. The van der Waals surface area contributed by atoms with Gasteiger partial charge in [-0.15, -0.1) is 0 Å². The summed E-state index contributed by atoms with van der Waals surface area (Å²) < 4.78 is 56.9. The Balaban J connectivity index is 1.43. The van der Waals surface area contributed by atoms with Crippen molar-refractivity contribution in [2.45, 2.75) is 25.9 Å². The van der Waals surface area contributed by atoms with Crippen LogP contribution in [0, 0.1) is 6.92 Å². The highest BCUT2D eigenvalue weighted by molar-refractivity contribution is 7.92. The molecule has 0 fully saturated rings. The highest BCUT2D eigenvalue weighted by Crippen LogP contribution is 2.34. The molecule has 0 bridgehead atoms. The van der Waals surface area contributed by atoms with Crippen LogP contribution < -0.4 is 19.5 Å². The number of aryl methyl sites for hydroxylation is 1. The van der Waals surface area contributed by atoms with Crippen LogP contribution in [0.4, 0.5) is 11.4 Å². The van der Waals surface area contributed by atoms with Crippen molar-refractivity contribution in [2.75, 3.05) is 41.1 Å². The van der Waals surface area contributed by atoms with E-state index in [0.29, 0.717) is 36.6 Å². The number of nitrogens with one attached hydrogen (secondary N) is 3. The largest absolute Gasteiger partial charge is 0.490 e. The molecule has 1 atom stereocenters. The van der Waals surface area contributed by atoms with Crippen molar-refractivity contribution in [1.29, 1.82) is 0 Å². The molecule has 9 nitrogen and oxygen atoms in total. The van der Waals surface area contributed by atoms with Crippen LogP contribution in [0.5, 0.6) is 5.75 Å². The number of aliphatic hydroxyl groups is 1. The van der Waals surface area contributed by atoms with E-state index < -0.39 is 26.2 Å². The van der Waals surface area contributed by atoms with E-state index >= 15 is 0 Å². The van der Waals surface area contributed by atoms with Gasteiger partial charge >= 0.3 is 0 Å². The van der Waals surface area contributed by atoms with Gasteiger partial charge < -0.3 is 15.2 Å². The van der Waals surface area contributed by atoms with Crippen LogP contribution in [0.2, 0.25) is 0 Å². The molecule has 32 heavy (non-hydrogen) atoms. The number of fused-ring (bicyclic) bond motifs is 1. The second-order valence-corrected chi connectivity index (χ2v) is 11.5. The number of benzene rings is 2. The van der Waals surface area contributed by atoms with E-state index in [1.807, 2.05) is 19.1 Å². The van der Waals surface area contributed by atoms with E-state index in [9.17, 15) is 21.9 Å². The molecule has 4 N–H and O–H groups in total. The van der Waals surface area contributed by atoms with Gasteiger partial charge in [0.15, 0.2) is 0 Å². The molecule has 2 aromatic rings. The molecule has 0 radical (unpaired) electrons. The number of ether oxygens (including phenoxy) is 1. The smallest absolute Gasteiger partial charge is 0.233 e. The summed E-state index contributed by atoms with van der Waals surface area (Å²) >= 11 is 0. The standard InChI is InChI=1S/C21H29N3O6S2/c1-15-3-8-20(19-10-12-32(28,29)24-21(15)19)30-14-18(25)13-22-11-9-16-4-6-17(7-5-16)23-31(2,26)27/h3-8,18,22-25H,9-14H2,1-2H3. The van der Waals surface area contributed by atoms with Crippen LogP contribution in [0.1, 0.15) is 16.7 Å². The molecule has 11 heteroatoms. The van der Waals surface area contributed by atoms with Crippen molar-refractivity contribution in [2.24, 2.45) is 0 Å². The fourth-order valence-electron chi connectivity index (χ4n) is 3.41. The van der Waals surface area contributed by atoms with Crippen molar-refractivity contribution in [3.8, 4) is 5.75 Å². The molecule has 1 unspecified atom stereocenters. The lowest BCUT2D eigenvalue weighted by Gasteiger charge is -2.23. The van der Waals surface area contributed by atoms with Crippen molar-refractivity contribution < 1.29 is 26.7 Å². The first-order valence-electron chi connectivity index (χ1n) is 10.2. The van der Waals surface area contributed by atoms with Crippen LogP contribution in [0.15, 0.2) is 36.4 Å². The minimum Gasteiger partial charge on any atom is -0.490 e. The summed E-state index contributed by atoms with van der Waals surface area (Å²) in [5.41, 5.74) is 3.77. The van der Waals surface area contributed by atoms with Crippen molar-refractivity contribution in [3.63, 3.8) is 0 Å². The van der Waals surface area contributed by atoms with Crippen molar-refractivity contribution >= 4 is 31.4 Å². The van der Waals surface area contributed by atoms with Gasteiger partial charge in [-0.25, -0.2) is 16.8 Å². The normalized spacial score (nSPS) is 16.0. The van der Waals surface area contributed by atoms with Crippen molar-refractivity contribution in [1.82, 2.24) is 5.32 Å². The van der Waals surface area contributed by atoms with E-state index in [1.165, 1.54) is 0 Å². The average molecular weight is 484 g/mol. The van der Waals surface area contributed by atoms with Gasteiger partial charge in [0.2, 0.25) is 20.0 Å². The maximum absolute atomic E-state index is 11.8. The molecule has 1 aliphatic heterocycles. The molecule has 0 saturated heterocycles. The SMILES string of the molecule is Cc1ccc(OCC(O)CNCCc2ccc(NS(C)(=O)=O)cc2)c2c1NS(=O)(=O)CC2. The molecule has 2 aromatic carbocycles. The monoisotopic (exact) mass is 483 g/mol. The lowest BCUT2D eigenvalue weighted by molar-refractivity contribution is 0.106. The average Bonchev–Trinajstić information content (AvgIpc) is 2.70. The number of anilines is 2. The quantitative estimate of drug-likeness (QED) is 0.374. The Hall–Kier alpha value is -2.34. The number of rotatable bonds is 10. The van der Waals surface area contributed by atoms with E-state index in [0.717, 1.165) is 29.4 Å².